The second-order valence-corrected chi connectivity index (χ2v) is 9.63. The van der Waals surface area contributed by atoms with E-state index in [0.29, 0.717) is 6.61 Å². The number of aromatic nitrogens is 2. The second-order valence-electron chi connectivity index (χ2n) is 9.63. The molecule has 172 valence electrons. The molecule has 1 saturated carbocycles. The maximum atomic E-state index is 6.08. The molecule has 5 rings (SSSR count). The average Bonchev–Trinajstić information content (AvgIpc) is 2.79. The summed E-state index contributed by atoms with van der Waals surface area (Å²) < 4.78 is 11.9. The lowest BCUT2D eigenvalue weighted by atomic mass is 9.60. The van der Waals surface area contributed by atoms with E-state index in [-0.39, 0.29) is 17.6 Å². The molecule has 1 aliphatic carbocycles. The second kappa shape index (κ2) is 9.14. The van der Waals surface area contributed by atoms with Crippen LogP contribution in [-0.2, 0) is 16.8 Å². The first-order chi connectivity index (χ1) is 16.0. The summed E-state index contributed by atoms with van der Waals surface area (Å²) in [5, 5.41) is 0. The Morgan fingerprint density at radius 3 is 2.18 bits per heavy atom. The van der Waals surface area contributed by atoms with E-state index in [9.17, 15) is 0 Å². The van der Waals surface area contributed by atoms with Gasteiger partial charge in [0.25, 0.3) is 0 Å². The molecule has 2 aromatic carbocycles. The topological polar surface area (TPSA) is 47.5 Å². The summed E-state index contributed by atoms with van der Waals surface area (Å²) in [6, 6.07) is 19.6. The molecule has 2 heterocycles. The summed E-state index contributed by atoms with van der Waals surface area (Å²) >= 11 is 0. The van der Waals surface area contributed by atoms with E-state index in [0.717, 1.165) is 30.5 Å². The Morgan fingerprint density at radius 2 is 1.58 bits per heavy atom. The van der Waals surface area contributed by atoms with E-state index < -0.39 is 0 Å². The molecule has 2 aliphatic rings. The smallest absolute Gasteiger partial charge is 0.225 e. The van der Waals surface area contributed by atoms with E-state index >= 15 is 0 Å². The third-order valence-electron chi connectivity index (χ3n) is 7.01. The summed E-state index contributed by atoms with van der Waals surface area (Å²) in [6.07, 6.45) is 5.86. The first-order valence-electron chi connectivity index (χ1n) is 12.0. The highest BCUT2D eigenvalue weighted by atomic mass is 16.5. The predicted molar refractivity (Wildman–Crippen MR) is 131 cm³/mol. The highest BCUT2D eigenvalue weighted by molar-refractivity contribution is 5.44. The van der Waals surface area contributed by atoms with Gasteiger partial charge in [0.2, 0.25) is 5.95 Å². The molecule has 0 radical (unpaired) electrons. The first kappa shape index (κ1) is 21.9. The number of hydrogen-bond acceptors (Lipinski definition) is 5. The van der Waals surface area contributed by atoms with E-state index in [4.69, 9.17) is 14.5 Å². The number of rotatable bonds is 6. The van der Waals surface area contributed by atoms with Crippen molar-refractivity contribution in [3.63, 3.8) is 0 Å². The molecule has 5 heteroatoms. The fourth-order valence-electron chi connectivity index (χ4n) is 5.13. The fourth-order valence-corrected chi connectivity index (χ4v) is 5.13. The number of benzene rings is 2. The standard InChI is InChI=1S/C28H33N3O2/c1-20-5-7-23(8-6-20)28(14-4-15-28)24-9-11-26(12-10-24)32-19-25-13-16-29-27(30-25)31-17-21(2)33-22(3)18-31/h5-13,16,21-22H,4,14-15,17-19H2,1-3H3/t21-,22+. The molecule has 1 saturated heterocycles. The van der Waals surface area contributed by atoms with Crippen molar-refractivity contribution in [1.82, 2.24) is 9.97 Å². The van der Waals surface area contributed by atoms with E-state index in [2.05, 4.69) is 79.2 Å². The van der Waals surface area contributed by atoms with Crippen molar-refractivity contribution < 1.29 is 9.47 Å². The Morgan fingerprint density at radius 1 is 0.939 bits per heavy atom. The minimum Gasteiger partial charge on any atom is -0.487 e. The molecule has 0 unspecified atom stereocenters. The molecule has 0 spiro atoms. The lowest BCUT2D eigenvalue weighted by molar-refractivity contribution is -0.00574. The average molecular weight is 444 g/mol. The van der Waals surface area contributed by atoms with Gasteiger partial charge in [-0.05, 0) is 62.9 Å². The Kier molecular flexibility index (Phi) is 6.07. The van der Waals surface area contributed by atoms with Crippen LogP contribution in [0.1, 0.15) is 55.5 Å². The highest BCUT2D eigenvalue weighted by Gasteiger charge is 2.40. The summed E-state index contributed by atoms with van der Waals surface area (Å²) in [7, 11) is 0. The molecule has 0 N–H and O–H groups in total. The van der Waals surface area contributed by atoms with Gasteiger partial charge in [0.1, 0.15) is 12.4 Å². The molecular formula is C28H33N3O2. The molecule has 2 atom stereocenters. The van der Waals surface area contributed by atoms with Crippen LogP contribution in [0.3, 0.4) is 0 Å². The minimum atomic E-state index is 0.153. The third-order valence-corrected chi connectivity index (χ3v) is 7.01. The van der Waals surface area contributed by atoms with Crippen molar-refractivity contribution in [2.45, 2.75) is 64.3 Å². The summed E-state index contributed by atoms with van der Waals surface area (Å²) in [6.45, 7) is 8.36. The monoisotopic (exact) mass is 443 g/mol. The number of anilines is 1. The largest absolute Gasteiger partial charge is 0.487 e. The molecule has 1 aliphatic heterocycles. The van der Waals surface area contributed by atoms with Crippen LogP contribution in [0.5, 0.6) is 5.75 Å². The number of ether oxygens (including phenoxy) is 2. The van der Waals surface area contributed by atoms with Crippen molar-refractivity contribution in [2.75, 3.05) is 18.0 Å². The molecule has 5 nitrogen and oxygen atoms in total. The van der Waals surface area contributed by atoms with Crippen LogP contribution in [0, 0.1) is 6.92 Å². The zero-order valence-corrected chi connectivity index (χ0v) is 19.8. The molecule has 2 fully saturated rings. The van der Waals surface area contributed by atoms with Crippen LogP contribution in [0.4, 0.5) is 5.95 Å². The van der Waals surface area contributed by atoms with Crippen molar-refractivity contribution in [3.05, 3.63) is 83.2 Å². The van der Waals surface area contributed by atoms with Crippen molar-refractivity contribution in [2.24, 2.45) is 0 Å². The van der Waals surface area contributed by atoms with Gasteiger partial charge in [-0.3, -0.25) is 0 Å². The first-order valence-corrected chi connectivity index (χ1v) is 12.0. The highest BCUT2D eigenvalue weighted by Crippen LogP contribution is 2.49. The van der Waals surface area contributed by atoms with Crippen molar-refractivity contribution >= 4 is 5.95 Å². The fraction of sp³-hybridized carbons (Fsp3) is 0.429. The van der Waals surface area contributed by atoms with Crippen molar-refractivity contribution in [3.8, 4) is 5.75 Å². The SMILES string of the molecule is Cc1ccc(C2(c3ccc(OCc4ccnc(N5C[C@@H](C)O[C@@H](C)C5)n4)cc3)CCC2)cc1. The van der Waals surface area contributed by atoms with E-state index in [1.807, 2.05) is 12.3 Å². The lowest BCUT2D eigenvalue weighted by Crippen LogP contribution is -2.46. The van der Waals surface area contributed by atoms with Gasteiger partial charge in [-0.15, -0.1) is 0 Å². The van der Waals surface area contributed by atoms with Gasteiger partial charge in [-0.1, -0.05) is 48.4 Å². The third kappa shape index (κ3) is 4.60. The molecule has 0 bridgehead atoms. The summed E-state index contributed by atoms with van der Waals surface area (Å²) in [4.78, 5) is 11.4. The van der Waals surface area contributed by atoms with Crippen LogP contribution in [0.25, 0.3) is 0 Å². The minimum absolute atomic E-state index is 0.153. The Balaban J connectivity index is 1.25. The normalized spacial score (nSPS) is 22.0. The van der Waals surface area contributed by atoms with Gasteiger partial charge in [-0.2, -0.15) is 0 Å². The maximum Gasteiger partial charge on any atom is 0.225 e. The maximum absolute atomic E-state index is 6.08. The number of hydrogen-bond donors (Lipinski definition) is 0. The van der Waals surface area contributed by atoms with Gasteiger partial charge in [0.05, 0.1) is 17.9 Å². The van der Waals surface area contributed by atoms with Gasteiger partial charge in [-0.25, -0.2) is 9.97 Å². The van der Waals surface area contributed by atoms with Gasteiger partial charge >= 0.3 is 0 Å². The summed E-state index contributed by atoms with van der Waals surface area (Å²) in [5.74, 6) is 1.62. The van der Waals surface area contributed by atoms with E-state index in [1.54, 1.807) is 0 Å². The van der Waals surface area contributed by atoms with Crippen LogP contribution >= 0.6 is 0 Å². The van der Waals surface area contributed by atoms with Crippen LogP contribution in [0.15, 0.2) is 60.8 Å². The molecule has 33 heavy (non-hydrogen) atoms. The van der Waals surface area contributed by atoms with Gasteiger partial charge in [0.15, 0.2) is 0 Å². The zero-order valence-electron chi connectivity index (χ0n) is 19.8. The Bertz CT molecular complexity index is 1070. The summed E-state index contributed by atoms with van der Waals surface area (Å²) in [5.41, 5.74) is 5.15. The van der Waals surface area contributed by atoms with E-state index in [1.165, 1.54) is 36.0 Å². The van der Waals surface area contributed by atoms with Gasteiger partial charge in [0, 0.05) is 24.7 Å². The molecule has 0 amide bonds. The quantitative estimate of drug-likeness (QED) is 0.507. The lowest BCUT2D eigenvalue weighted by Gasteiger charge is -2.43. The zero-order chi connectivity index (χ0) is 22.8. The predicted octanol–water partition coefficient (Wildman–Crippen LogP) is 5.45. The number of nitrogens with zero attached hydrogens (tertiary/aromatic N) is 3. The van der Waals surface area contributed by atoms with Gasteiger partial charge < -0.3 is 14.4 Å². The van der Waals surface area contributed by atoms with Crippen LogP contribution in [-0.4, -0.2) is 35.3 Å². The number of morpholine rings is 1. The molecule has 3 aromatic rings. The molecular weight excluding hydrogens is 410 g/mol. The van der Waals surface area contributed by atoms with Crippen LogP contribution < -0.4 is 9.64 Å². The van der Waals surface area contributed by atoms with Crippen LogP contribution in [0.2, 0.25) is 0 Å². The molecule has 1 aromatic heterocycles. The number of aryl methyl sites for hydroxylation is 1. The Hall–Kier alpha value is -2.92. The van der Waals surface area contributed by atoms with Crippen molar-refractivity contribution in [1.29, 1.82) is 0 Å². The Labute approximate surface area is 196 Å².